The molecule has 128 valence electrons. The summed E-state index contributed by atoms with van der Waals surface area (Å²) in [6.07, 6.45) is 0. The maximum Gasteiger partial charge on any atom is 0.258 e. The molecule has 1 amide bonds. The zero-order chi connectivity index (χ0) is 17.4. The molecule has 2 aromatic carbocycles. The fraction of sp³-hybridized carbons (Fsp3) is 0.278. The quantitative estimate of drug-likeness (QED) is 0.743. The van der Waals surface area contributed by atoms with Gasteiger partial charge in [0.05, 0.1) is 13.7 Å². The lowest BCUT2D eigenvalue weighted by atomic mass is 10.2. The highest BCUT2D eigenvalue weighted by atomic mass is 35.5. The molecule has 0 atom stereocenters. The molecule has 0 aromatic heterocycles. The van der Waals surface area contributed by atoms with Crippen LogP contribution in [0.2, 0.25) is 5.02 Å². The molecule has 6 heteroatoms. The van der Waals surface area contributed by atoms with Crippen LogP contribution in [0.3, 0.4) is 0 Å². The molecule has 0 saturated carbocycles. The van der Waals surface area contributed by atoms with E-state index in [2.05, 4.69) is 5.32 Å². The summed E-state index contributed by atoms with van der Waals surface area (Å²) in [4.78, 5) is 11.7. The number of benzene rings is 2. The Labute approximate surface area is 146 Å². The molecule has 1 N–H and O–H groups in total. The van der Waals surface area contributed by atoms with E-state index in [4.69, 9.17) is 25.8 Å². The highest BCUT2D eigenvalue weighted by molar-refractivity contribution is 6.31. The van der Waals surface area contributed by atoms with E-state index in [1.165, 1.54) is 0 Å². The van der Waals surface area contributed by atoms with E-state index in [1.54, 1.807) is 31.4 Å². The molecule has 0 radical (unpaired) electrons. The van der Waals surface area contributed by atoms with Crippen molar-refractivity contribution in [2.24, 2.45) is 0 Å². The Bertz CT molecular complexity index is 690. The van der Waals surface area contributed by atoms with Gasteiger partial charge in [-0.2, -0.15) is 0 Å². The summed E-state index contributed by atoms with van der Waals surface area (Å²) in [5.41, 5.74) is 0.904. The van der Waals surface area contributed by atoms with Crippen molar-refractivity contribution in [3.63, 3.8) is 0 Å². The molecule has 2 rings (SSSR count). The first-order valence-electron chi connectivity index (χ1n) is 7.51. The Morgan fingerprint density at radius 3 is 2.58 bits per heavy atom. The first kappa shape index (κ1) is 17.9. The van der Waals surface area contributed by atoms with E-state index in [0.29, 0.717) is 29.7 Å². The molecule has 0 saturated heterocycles. The van der Waals surface area contributed by atoms with Crippen LogP contribution in [-0.2, 0) is 4.79 Å². The summed E-state index contributed by atoms with van der Waals surface area (Å²) in [6, 6.07) is 12.6. The minimum Gasteiger partial charge on any atom is -0.497 e. The van der Waals surface area contributed by atoms with Crippen LogP contribution in [0.15, 0.2) is 42.5 Å². The molecular formula is C18H20ClNO4. The molecule has 0 bridgehead atoms. The van der Waals surface area contributed by atoms with Gasteiger partial charge in [-0.1, -0.05) is 17.7 Å². The lowest BCUT2D eigenvalue weighted by Gasteiger charge is -2.10. The number of carbonyl (C=O) groups excluding carboxylic acids is 1. The Balaban J connectivity index is 1.66. The zero-order valence-corrected chi connectivity index (χ0v) is 14.4. The lowest BCUT2D eigenvalue weighted by Crippen LogP contribution is -2.32. The molecular weight excluding hydrogens is 330 g/mol. The van der Waals surface area contributed by atoms with E-state index in [1.807, 2.05) is 25.1 Å². The third-order valence-corrected chi connectivity index (χ3v) is 3.66. The number of aryl methyl sites for hydroxylation is 1. The van der Waals surface area contributed by atoms with Gasteiger partial charge in [0, 0.05) is 11.1 Å². The first-order valence-corrected chi connectivity index (χ1v) is 7.89. The average molecular weight is 350 g/mol. The van der Waals surface area contributed by atoms with Crippen molar-refractivity contribution in [3.05, 3.63) is 53.1 Å². The highest BCUT2D eigenvalue weighted by Crippen LogP contribution is 2.21. The number of ether oxygens (including phenoxy) is 3. The fourth-order valence-electron chi connectivity index (χ4n) is 1.96. The van der Waals surface area contributed by atoms with Gasteiger partial charge in [0.15, 0.2) is 6.61 Å². The molecule has 2 aromatic rings. The smallest absolute Gasteiger partial charge is 0.258 e. The van der Waals surface area contributed by atoms with Crippen molar-refractivity contribution < 1.29 is 19.0 Å². The average Bonchev–Trinajstić information content (AvgIpc) is 2.60. The summed E-state index contributed by atoms with van der Waals surface area (Å²) >= 11 is 5.94. The molecule has 0 fully saturated rings. The van der Waals surface area contributed by atoms with Crippen LogP contribution in [0.4, 0.5) is 0 Å². The molecule has 0 spiro atoms. The van der Waals surface area contributed by atoms with Crippen molar-refractivity contribution in [1.29, 1.82) is 0 Å². The minimum atomic E-state index is -0.211. The monoisotopic (exact) mass is 349 g/mol. The Kier molecular flexibility index (Phi) is 6.75. The van der Waals surface area contributed by atoms with Crippen LogP contribution in [0.25, 0.3) is 0 Å². The molecule has 0 unspecified atom stereocenters. The number of rotatable bonds is 8. The van der Waals surface area contributed by atoms with Gasteiger partial charge in [-0.05, 0) is 42.8 Å². The lowest BCUT2D eigenvalue weighted by molar-refractivity contribution is -0.123. The number of carbonyl (C=O) groups is 1. The largest absolute Gasteiger partial charge is 0.497 e. The second kappa shape index (κ2) is 9.03. The van der Waals surface area contributed by atoms with Gasteiger partial charge in [-0.15, -0.1) is 0 Å². The normalized spacial score (nSPS) is 10.1. The summed E-state index contributed by atoms with van der Waals surface area (Å²) in [6.45, 7) is 2.57. The Morgan fingerprint density at radius 2 is 1.83 bits per heavy atom. The standard InChI is InChI=1S/C18H20ClNO4/c1-13-10-16(6-7-17(13)19)24-12-18(21)20-8-9-23-15-5-3-4-14(11-15)22-2/h3-7,10-11H,8-9,12H2,1-2H3,(H,20,21). The van der Waals surface area contributed by atoms with Crippen LogP contribution in [0.1, 0.15) is 5.56 Å². The van der Waals surface area contributed by atoms with Crippen molar-refractivity contribution in [2.45, 2.75) is 6.92 Å². The molecule has 5 nitrogen and oxygen atoms in total. The first-order chi connectivity index (χ1) is 11.6. The number of nitrogens with one attached hydrogen (secondary N) is 1. The fourth-order valence-corrected chi connectivity index (χ4v) is 2.07. The van der Waals surface area contributed by atoms with E-state index < -0.39 is 0 Å². The summed E-state index contributed by atoms with van der Waals surface area (Å²) in [5, 5.41) is 3.40. The van der Waals surface area contributed by atoms with Gasteiger partial charge >= 0.3 is 0 Å². The highest BCUT2D eigenvalue weighted by Gasteiger charge is 2.04. The third-order valence-electron chi connectivity index (χ3n) is 3.23. The van der Waals surface area contributed by atoms with Crippen molar-refractivity contribution >= 4 is 17.5 Å². The molecule has 0 aliphatic heterocycles. The molecule has 0 aliphatic rings. The third kappa shape index (κ3) is 5.66. The van der Waals surface area contributed by atoms with Crippen molar-refractivity contribution in [1.82, 2.24) is 5.32 Å². The predicted octanol–water partition coefficient (Wildman–Crippen LogP) is 3.23. The summed E-state index contributed by atoms with van der Waals surface area (Å²) < 4.78 is 16.1. The van der Waals surface area contributed by atoms with Crippen molar-refractivity contribution in [3.8, 4) is 17.2 Å². The Hall–Kier alpha value is -2.40. The predicted molar refractivity (Wildman–Crippen MR) is 93.2 cm³/mol. The van der Waals surface area contributed by atoms with E-state index in [0.717, 1.165) is 11.3 Å². The number of hydrogen-bond donors (Lipinski definition) is 1. The van der Waals surface area contributed by atoms with E-state index >= 15 is 0 Å². The number of hydrogen-bond acceptors (Lipinski definition) is 4. The SMILES string of the molecule is COc1cccc(OCCNC(=O)COc2ccc(Cl)c(C)c2)c1. The summed E-state index contributed by atoms with van der Waals surface area (Å²) in [7, 11) is 1.60. The topological polar surface area (TPSA) is 56.8 Å². The maximum atomic E-state index is 11.7. The van der Waals surface area contributed by atoms with Gasteiger partial charge < -0.3 is 19.5 Å². The van der Waals surface area contributed by atoms with E-state index in [9.17, 15) is 4.79 Å². The second-order valence-corrected chi connectivity index (χ2v) is 5.48. The number of amides is 1. The number of methoxy groups -OCH3 is 1. The minimum absolute atomic E-state index is 0.0553. The van der Waals surface area contributed by atoms with Gasteiger partial charge in [0.25, 0.3) is 5.91 Å². The molecule has 24 heavy (non-hydrogen) atoms. The van der Waals surface area contributed by atoms with Crippen LogP contribution < -0.4 is 19.5 Å². The van der Waals surface area contributed by atoms with Crippen LogP contribution >= 0.6 is 11.6 Å². The zero-order valence-electron chi connectivity index (χ0n) is 13.7. The number of halogens is 1. The van der Waals surface area contributed by atoms with Gasteiger partial charge in [0.1, 0.15) is 23.9 Å². The van der Waals surface area contributed by atoms with Crippen LogP contribution in [0, 0.1) is 6.92 Å². The molecule has 0 aliphatic carbocycles. The van der Waals surface area contributed by atoms with Crippen LogP contribution in [0.5, 0.6) is 17.2 Å². The van der Waals surface area contributed by atoms with Crippen LogP contribution in [-0.4, -0.2) is 32.8 Å². The van der Waals surface area contributed by atoms with E-state index in [-0.39, 0.29) is 12.5 Å². The maximum absolute atomic E-state index is 11.7. The molecule has 0 heterocycles. The Morgan fingerprint density at radius 1 is 1.08 bits per heavy atom. The van der Waals surface area contributed by atoms with Gasteiger partial charge in [-0.3, -0.25) is 4.79 Å². The van der Waals surface area contributed by atoms with Gasteiger partial charge in [0.2, 0.25) is 0 Å². The summed E-state index contributed by atoms with van der Waals surface area (Å²) in [5.74, 6) is 1.82. The van der Waals surface area contributed by atoms with Crippen molar-refractivity contribution in [2.75, 3.05) is 26.9 Å². The van der Waals surface area contributed by atoms with Gasteiger partial charge in [-0.25, -0.2) is 0 Å². The second-order valence-electron chi connectivity index (χ2n) is 5.08.